The molecule has 314 valence electrons. The molecule has 0 bridgehead atoms. The summed E-state index contributed by atoms with van der Waals surface area (Å²) in [5.74, 6) is -0.754. The number of amides is 1. The van der Waals surface area contributed by atoms with Crippen molar-refractivity contribution in [2.24, 2.45) is 0 Å². The van der Waals surface area contributed by atoms with Crippen molar-refractivity contribution in [2.45, 2.75) is 167 Å². The second-order valence-electron chi connectivity index (χ2n) is 16.1. The number of unbranched alkanes of at least 4 members (excludes halogenated alkanes) is 13. The molecule has 1 aliphatic rings. The zero-order valence-corrected chi connectivity index (χ0v) is 35.1. The van der Waals surface area contributed by atoms with Gasteiger partial charge in [-0.15, -0.1) is 0 Å². The number of aliphatic hydroxyl groups is 1. The summed E-state index contributed by atoms with van der Waals surface area (Å²) in [7, 11) is 0. The van der Waals surface area contributed by atoms with Gasteiger partial charge >= 0.3 is 5.97 Å². The van der Waals surface area contributed by atoms with E-state index in [1.807, 2.05) is 24.3 Å². The van der Waals surface area contributed by atoms with Crippen LogP contribution in [0.2, 0.25) is 0 Å². The summed E-state index contributed by atoms with van der Waals surface area (Å²) in [6.07, 6.45) is 19.3. The smallest absolute Gasteiger partial charge is 0.303 e. The number of carboxylic acids is 1. The molecule has 1 saturated heterocycles. The van der Waals surface area contributed by atoms with Gasteiger partial charge in [-0.05, 0) is 78.7 Å². The number of hydrogen-bond donors (Lipinski definition) is 3. The van der Waals surface area contributed by atoms with Crippen LogP contribution in [-0.2, 0) is 32.2 Å². The normalized spacial score (nSPS) is 16.9. The monoisotopic (exact) mass is 785 g/mol. The van der Waals surface area contributed by atoms with E-state index in [9.17, 15) is 14.7 Å². The molecule has 1 heterocycles. The maximum Gasteiger partial charge on any atom is 0.303 e. The van der Waals surface area contributed by atoms with Gasteiger partial charge in [0.15, 0.2) is 6.29 Å². The first kappa shape index (κ1) is 46.1. The van der Waals surface area contributed by atoms with Crippen molar-refractivity contribution in [2.75, 3.05) is 19.6 Å². The lowest BCUT2D eigenvalue weighted by molar-refractivity contribution is -0.253. The largest absolute Gasteiger partial charge is 0.481 e. The zero-order chi connectivity index (χ0) is 40.5. The first-order chi connectivity index (χ1) is 27.9. The molecule has 1 amide bonds. The van der Waals surface area contributed by atoms with Gasteiger partial charge in [0.2, 0.25) is 5.91 Å². The topological polar surface area (TPSA) is 108 Å². The van der Waals surface area contributed by atoms with E-state index in [-0.39, 0.29) is 31.1 Å². The van der Waals surface area contributed by atoms with Gasteiger partial charge < -0.3 is 29.9 Å². The number of hydrogen-bond acceptors (Lipinski definition) is 6. The van der Waals surface area contributed by atoms with E-state index in [1.54, 1.807) is 0 Å². The van der Waals surface area contributed by atoms with Gasteiger partial charge in [0.1, 0.15) is 0 Å². The van der Waals surface area contributed by atoms with E-state index in [4.69, 9.17) is 14.6 Å². The Hall–Kier alpha value is -3.56. The third-order valence-corrected chi connectivity index (χ3v) is 11.2. The van der Waals surface area contributed by atoms with Crippen LogP contribution in [0.1, 0.15) is 170 Å². The number of aliphatic hydroxyl groups excluding tert-OH is 1. The second-order valence-corrected chi connectivity index (χ2v) is 16.1. The number of carbonyl (C=O) groups is 2. The Bertz CT molecular complexity index is 1550. The summed E-state index contributed by atoms with van der Waals surface area (Å²) in [6.45, 7) is 8.10. The molecule has 3 atom stereocenters. The summed E-state index contributed by atoms with van der Waals surface area (Å²) in [5, 5.41) is 21.6. The van der Waals surface area contributed by atoms with Gasteiger partial charge in [0, 0.05) is 37.9 Å². The summed E-state index contributed by atoms with van der Waals surface area (Å²) >= 11 is 0. The van der Waals surface area contributed by atoms with E-state index in [0.717, 1.165) is 78.7 Å². The minimum atomic E-state index is -0.768. The highest BCUT2D eigenvalue weighted by atomic mass is 16.7. The Morgan fingerprint density at radius 1 is 0.667 bits per heavy atom. The van der Waals surface area contributed by atoms with Crippen LogP contribution in [0.4, 0.5) is 0 Å². The fourth-order valence-electron chi connectivity index (χ4n) is 7.78. The highest BCUT2D eigenvalue weighted by Gasteiger charge is 2.33. The molecule has 3 aromatic rings. The van der Waals surface area contributed by atoms with E-state index in [2.05, 4.69) is 72.6 Å². The molecule has 3 aromatic carbocycles. The van der Waals surface area contributed by atoms with E-state index in [0.29, 0.717) is 19.4 Å². The number of nitrogens with one attached hydrogen (secondary N) is 1. The number of nitrogens with zero attached hydrogens (tertiary/aromatic N) is 1. The second kappa shape index (κ2) is 27.2. The third-order valence-electron chi connectivity index (χ3n) is 11.2. The van der Waals surface area contributed by atoms with Crippen LogP contribution in [0.25, 0.3) is 11.1 Å². The van der Waals surface area contributed by atoms with E-state index < -0.39 is 12.3 Å². The Morgan fingerprint density at radius 3 is 1.91 bits per heavy atom. The standard InChI is InChI=1S/C49H72N2O6/c1-3-5-7-9-13-17-31-51(32-18-14-10-8-6-4-2)37-45-35-46(41-29-27-39(38-52)28-30-41)57-49(56-45)44-24-20-23-43(34-44)42-22-19-21-40(33-42)36-50-47(53)25-15-11-12-16-26-48(54)55/h19-24,27-30,33-34,45-46,49,52H,3-18,25-26,31-32,35-38H2,1-2H3,(H,50,53)(H,54,55)/t45-,46+,49+/m0/s1. The van der Waals surface area contributed by atoms with Crippen molar-refractivity contribution >= 4 is 11.9 Å². The molecule has 0 saturated carbocycles. The van der Waals surface area contributed by atoms with Gasteiger partial charge in [-0.1, -0.05) is 152 Å². The van der Waals surface area contributed by atoms with Gasteiger partial charge in [-0.25, -0.2) is 0 Å². The number of aliphatic carboxylic acids is 1. The van der Waals surface area contributed by atoms with Crippen LogP contribution in [0.3, 0.4) is 0 Å². The first-order valence-electron chi connectivity index (χ1n) is 22.3. The molecular formula is C49H72N2O6. The van der Waals surface area contributed by atoms with Crippen LogP contribution in [0.5, 0.6) is 0 Å². The van der Waals surface area contributed by atoms with Crippen LogP contribution in [0.15, 0.2) is 72.8 Å². The average Bonchev–Trinajstić information content (AvgIpc) is 3.23. The Morgan fingerprint density at radius 2 is 1.26 bits per heavy atom. The highest BCUT2D eigenvalue weighted by Crippen LogP contribution is 2.39. The highest BCUT2D eigenvalue weighted by molar-refractivity contribution is 5.76. The molecule has 0 spiro atoms. The number of carboxylic acid groups (broad SMARTS) is 1. The Labute approximate surface area is 343 Å². The van der Waals surface area contributed by atoms with Crippen LogP contribution in [0, 0.1) is 0 Å². The van der Waals surface area contributed by atoms with E-state index >= 15 is 0 Å². The van der Waals surface area contributed by atoms with Gasteiger partial charge in [0.25, 0.3) is 0 Å². The number of benzene rings is 3. The van der Waals surface area contributed by atoms with Crippen LogP contribution >= 0.6 is 0 Å². The average molecular weight is 785 g/mol. The fraction of sp³-hybridized carbons (Fsp3) is 0.592. The predicted octanol–water partition coefficient (Wildman–Crippen LogP) is 11.5. The van der Waals surface area contributed by atoms with Crippen molar-refractivity contribution in [3.05, 3.63) is 95.1 Å². The van der Waals surface area contributed by atoms with Crippen LogP contribution in [-0.4, -0.2) is 52.7 Å². The van der Waals surface area contributed by atoms with Crippen molar-refractivity contribution < 1.29 is 29.3 Å². The molecule has 8 heteroatoms. The molecule has 1 aliphatic heterocycles. The summed E-state index contributed by atoms with van der Waals surface area (Å²) < 4.78 is 13.7. The van der Waals surface area contributed by atoms with Crippen molar-refractivity contribution in [1.29, 1.82) is 0 Å². The molecule has 0 aliphatic carbocycles. The molecular weight excluding hydrogens is 713 g/mol. The van der Waals surface area contributed by atoms with Gasteiger partial charge in [0.05, 0.1) is 18.8 Å². The van der Waals surface area contributed by atoms with Crippen molar-refractivity contribution in [1.82, 2.24) is 10.2 Å². The lowest BCUT2D eigenvalue weighted by atomic mass is 9.98. The number of carbonyl (C=O) groups excluding carboxylic acids is 1. The molecule has 3 N–H and O–H groups in total. The van der Waals surface area contributed by atoms with Crippen molar-refractivity contribution in [3.63, 3.8) is 0 Å². The van der Waals surface area contributed by atoms with Gasteiger partial charge in [-0.2, -0.15) is 0 Å². The molecule has 57 heavy (non-hydrogen) atoms. The number of ether oxygens (including phenoxy) is 2. The summed E-state index contributed by atoms with van der Waals surface area (Å²) in [5.41, 5.74) is 6.13. The maximum atomic E-state index is 12.5. The van der Waals surface area contributed by atoms with Crippen LogP contribution < -0.4 is 5.32 Å². The van der Waals surface area contributed by atoms with Crippen molar-refractivity contribution in [3.8, 4) is 11.1 Å². The predicted molar refractivity (Wildman–Crippen MR) is 231 cm³/mol. The minimum Gasteiger partial charge on any atom is -0.481 e. The molecule has 0 unspecified atom stereocenters. The Balaban J connectivity index is 1.44. The maximum absolute atomic E-state index is 12.5. The quantitative estimate of drug-likeness (QED) is 0.0602. The van der Waals surface area contributed by atoms with Gasteiger partial charge in [-0.3, -0.25) is 9.59 Å². The Kier molecular flexibility index (Phi) is 22.0. The lowest BCUT2D eigenvalue weighted by Gasteiger charge is -2.38. The third kappa shape index (κ3) is 17.9. The molecule has 0 aromatic heterocycles. The summed E-state index contributed by atoms with van der Waals surface area (Å²) in [6, 6.07) is 24.9. The number of rotatable bonds is 29. The SMILES string of the molecule is CCCCCCCCN(CCCCCCCC)C[C@@H]1C[C@H](c2ccc(CO)cc2)O[C@H](c2cccc(-c3cccc(CNC(=O)CCCCCCC(=O)O)c3)c2)O1. The van der Waals surface area contributed by atoms with E-state index in [1.165, 1.54) is 77.0 Å². The molecule has 4 rings (SSSR count). The first-order valence-corrected chi connectivity index (χ1v) is 22.3. The zero-order valence-electron chi connectivity index (χ0n) is 35.1. The lowest BCUT2D eigenvalue weighted by Crippen LogP contribution is -2.40. The summed E-state index contributed by atoms with van der Waals surface area (Å²) in [4.78, 5) is 25.9. The molecule has 8 nitrogen and oxygen atoms in total. The molecule has 0 radical (unpaired) electrons. The fourth-order valence-corrected chi connectivity index (χ4v) is 7.78. The molecule has 1 fully saturated rings. The minimum absolute atomic E-state index is 0.00629.